The molecule has 0 aliphatic heterocycles. The number of allylic oxidation sites excluding steroid dienone is 2. The van der Waals surface area contributed by atoms with E-state index >= 15 is 0 Å². The molecule has 0 heterocycles. The molecule has 3 unspecified atom stereocenters. The van der Waals surface area contributed by atoms with E-state index in [4.69, 9.17) is 0 Å². The molecule has 2 aliphatic carbocycles. The standard InChI is InChI=1S/C14H22O/c1-10(15)5-6-12-13(2,3)8-7-11-9-14(11,12)4/h5-6,11-12H,7-9H2,1-4H3/b6-5+. The van der Waals surface area contributed by atoms with Crippen molar-refractivity contribution in [2.24, 2.45) is 22.7 Å². The number of ketones is 1. The van der Waals surface area contributed by atoms with E-state index in [0.717, 1.165) is 5.92 Å². The van der Waals surface area contributed by atoms with Crippen molar-refractivity contribution in [2.45, 2.75) is 47.0 Å². The summed E-state index contributed by atoms with van der Waals surface area (Å²) in [5, 5.41) is 0. The van der Waals surface area contributed by atoms with Crippen LogP contribution in [-0.2, 0) is 4.79 Å². The van der Waals surface area contributed by atoms with Gasteiger partial charge in [-0.25, -0.2) is 0 Å². The lowest BCUT2D eigenvalue weighted by Crippen LogP contribution is -2.34. The highest BCUT2D eigenvalue weighted by Gasteiger charge is 2.60. The zero-order chi connectivity index (χ0) is 11.3. The first kappa shape index (κ1) is 10.9. The summed E-state index contributed by atoms with van der Waals surface area (Å²) in [5.74, 6) is 1.69. The fourth-order valence-corrected chi connectivity index (χ4v) is 3.59. The molecule has 2 saturated carbocycles. The minimum atomic E-state index is 0.178. The van der Waals surface area contributed by atoms with Gasteiger partial charge in [-0.3, -0.25) is 4.79 Å². The second-order valence-corrected chi connectivity index (χ2v) is 6.38. The van der Waals surface area contributed by atoms with Crippen molar-refractivity contribution >= 4 is 5.78 Å². The highest BCUT2D eigenvalue weighted by Crippen LogP contribution is 2.68. The molecule has 1 nitrogen and oxygen atoms in total. The number of carbonyl (C=O) groups excluding carboxylic acids is 1. The van der Waals surface area contributed by atoms with Gasteiger partial charge in [-0.05, 0) is 54.9 Å². The van der Waals surface area contributed by atoms with Crippen molar-refractivity contribution in [1.29, 1.82) is 0 Å². The predicted molar refractivity (Wildman–Crippen MR) is 62.5 cm³/mol. The van der Waals surface area contributed by atoms with Crippen molar-refractivity contribution in [3.63, 3.8) is 0 Å². The quantitative estimate of drug-likeness (QED) is 0.631. The summed E-state index contributed by atoms with van der Waals surface area (Å²) in [6, 6.07) is 0. The number of carbonyl (C=O) groups is 1. The van der Waals surface area contributed by atoms with E-state index in [9.17, 15) is 4.79 Å². The van der Waals surface area contributed by atoms with Gasteiger partial charge in [0.25, 0.3) is 0 Å². The number of rotatable bonds is 2. The van der Waals surface area contributed by atoms with E-state index in [1.165, 1.54) is 19.3 Å². The van der Waals surface area contributed by atoms with Crippen molar-refractivity contribution in [1.82, 2.24) is 0 Å². The van der Waals surface area contributed by atoms with Gasteiger partial charge in [0.05, 0.1) is 0 Å². The average molecular weight is 206 g/mol. The summed E-state index contributed by atoms with van der Waals surface area (Å²) in [6.07, 6.45) is 8.01. The van der Waals surface area contributed by atoms with Gasteiger partial charge in [0.15, 0.2) is 5.78 Å². The first-order valence-corrected chi connectivity index (χ1v) is 6.05. The Morgan fingerprint density at radius 3 is 2.60 bits per heavy atom. The van der Waals surface area contributed by atoms with Gasteiger partial charge >= 0.3 is 0 Å². The summed E-state index contributed by atoms with van der Waals surface area (Å²) in [4.78, 5) is 11.0. The molecule has 1 heteroatoms. The van der Waals surface area contributed by atoms with Crippen LogP contribution in [0.4, 0.5) is 0 Å². The number of fused-ring (bicyclic) bond motifs is 1. The Labute approximate surface area is 92.9 Å². The van der Waals surface area contributed by atoms with Crippen molar-refractivity contribution in [3.8, 4) is 0 Å². The maximum atomic E-state index is 11.0. The highest BCUT2D eigenvalue weighted by atomic mass is 16.1. The molecule has 0 bridgehead atoms. The first-order chi connectivity index (χ1) is 6.86. The smallest absolute Gasteiger partial charge is 0.152 e. The molecule has 2 fully saturated rings. The van der Waals surface area contributed by atoms with Crippen LogP contribution in [0.15, 0.2) is 12.2 Å². The maximum Gasteiger partial charge on any atom is 0.152 e. The van der Waals surface area contributed by atoms with Crippen LogP contribution >= 0.6 is 0 Å². The monoisotopic (exact) mass is 206 g/mol. The van der Waals surface area contributed by atoms with Crippen LogP contribution in [0.3, 0.4) is 0 Å². The van der Waals surface area contributed by atoms with E-state index in [1.807, 2.05) is 0 Å². The fourth-order valence-electron chi connectivity index (χ4n) is 3.59. The van der Waals surface area contributed by atoms with Crippen molar-refractivity contribution in [2.75, 3.05) is 0 Å². The van der Waals surface area contributed by atoms with Gasteiger partial charge in [-0.2, -0.15) is 0 Å². The van der Waals surface area contributed by atoms with Crippen LogP contribution in [-0.4, -0.2) is 5.78 Å². The Bertz CT molecular complexity index is 309. The van der Waals surface area contributed by atoms with Crippen LogP contribution in [0.1, 0.15) is 47.0 Å². The van der Waals surface area contributed by atoms with Gasteiger partial charge in [0, 0.05) is 0 Å². The zero-order valence-corrected chi connectivity index (χ0v) is 10.3. The van der Waals surface area contributed by atoms with Gasteiger partial charge in [-0.15, -0.1) is 0 Å². The lowest BCUT2D eigenvalue weighted by Gasteiger charge is -2.41. The summed E-state index contributed by atoms with van der Waals surface area (Å²) >= 11 is 0. The molecule has 0 saturated heterocycles. The van der Waals surface area contributed by atoms with Crippen LogP contribution in [0.5, 0.6) is 0 Å². The fraction of sp³-hybridized carbons (Fsp3) is 0.786. The van der Waals surface area contributed by atoms with E-state index in [-0.39, 0.29) is 5.78 Å². The van der Waals surface area contributed by atoms with Crippen LogP contribution in [0.25, 0.3) is 0 Å². The highest BCUT2D eigenvalue weighted by molar-refractivity contribution is 5.87. The molecule has 84 valence electrons. The van der Waals surface area contributed by atoms with E-state index in [0.29, 0.717) is 16.7 Å². The third-order valence-corrected chi connectivity index (χ3v) is 4.67. The van der Waals surface area contributed by atoms with E-state index in [2.05, 4.69) is 26.8 Å². The molecule has 2 rings (SSSR count). The molecular weight excluding hydrogens is 184 g/mol. The third-order valence-electron chi connectivity index (χ3n) is 4.67. The van der Waals surface area contributed by atoms with Crippen LogP contribution in [0, 0.1) is 22.7 Å². The average Bonchev–Trinajstić information content (AvgIpc) is 2.74. The maximum absolute atomic E-state index is 11.0. The van der Waals surface area contributed by atoms with E-state index < -0.39 is 0 Å². The lowest BCUT2D eigenvalue weighted by molar-refractivity contribution is -0.112. The number of hydrogen-bond acceptors (Lipinski definition) is 1. The molecule has 0 aromatic heterocycles. The summed E-state index contributed by atoms with van der Waals surface area (Å²) < 4.78 is 0. The van der Waals surface area contributed by atoms with Gasteiger partial charge < -0.3 is 0 Å². The summed E-state index contributed by atoms with van der Waals surface area (Å²) in [5.41, 5.74) is 0.862. The molecule has 15 heavy (non-hydrogen) atoms. The Morgan fingerprint density at radius 1 is 1.33 bits per heavy atom. The van der Waals surface area contributed by atoms with Gasteiger partial charge in [0.2, 0.25) is 0 Å². The second-order valence-electron chi connectivity index (χ2n) is 6.38. The zero-order valence-electron chi connectivity index (χ0n) is 10.3. The van der Waals surface area contributed by atoms with E-state index in [1.54, 1.807) is 13.0 Å². The van der Waals surface area contributed by atoms with Crippen LogP contribution in [0.2, 0.25) is 0 Å². The minimum Gasteiger partial charge on any atom is -0.295 e. The summed E-state index contributed by atoms with van der Waals surface area (Å²) in [6.45, 7) is 8.73. The Balaban J connectivity index is 2.21. The molecule has 0 amide bonds. The van der Waals surface area contributed by atoms with Gasteiger partial charge in [0.1, 0.15) is 0 Å². The van der Waals surface area contributed by atoms with Crippen molar-refractivity contribution < 1.29 is 4.79 Å². The Kier molecular flexibility index (Phi) is 2.33. The van der Waals surface area contributed by atoms with Gasteiger partial charge in [-0.1, -0.05) is 26.8 Å². The Morgan fingerprint density at radius 2 is 2.00 bits per heavy atom. The Hall–Kier alpha value is -0.590. The normalized spacial score (nSPS) is 42.7. The van der Waals surface area contributed by atoms with Crippen molar-refractivity contribution in [3.05, 3.63) is 12.2 Å². The lowest BCUT2D eigenvalue weighted by atomic mass is 9.63. The molecule has 0 N–H and O–H groups in total. The second kappa shape index (κ2) is 3.20. The molecule has 2 aliphatic rings. The SMILES string of the molecule is CC(=O)/C=C/C1C(C)(C)CCC2CC21C. The molecule has 0 radical (unpaired) electrons. The molecule has 0 aromatic carbocycles. The molecule has 0 aromatic rings. The van der Waals surface area contributed by atoms with Crippen LogP contribution < -0.4 is 0 Å². The third kappa shape index (κ3) is 1.77. The first-order valence-electron chi connectivity index (χ1n) is 6.05. The molecule has 0 spiro atoms. The molecular formula is C14H22O. The summed E-state index contributed by atoms with van der Waals surface area (Å²) in [7, 11) is 0. The largest absolute Gasteiger partial charge is 0.295 e. The topological polar surface area (TPSA) is 17.1 Å². The predicted octanol–water partition coefficient (Wildman–Crippen LogP) is 3.59. The molecule has 3 atom stereocenters. The number of hydrogen-bond donors (Lipinski definition) is 0. The minimum absolute atomic E-state index is 0.178.